The first-order valence-corrected chi connectivity index (χ1v) is 4.99. The Morgan fingerprint density at radius 3 is 2.46 bits per heavy atom. The van der Waals surface area contributed by atoms with Crippen LogP contribution in [0.4, 0.5) is 4.79 Å². The highest BCUT2D eigenvalue weighted by Gasteiger charge is 2.46. The third-order valence-electron chi connectivity index (χ3n) is 2.18. The van der Waals surface area contributed by atoms with E-state index in [0.29, 0.717) is 5.88 Å². The number of thioether (sulfide) groups is 1. The molecule has 6 heteroatoms. The van der Waals surface area contributed by atoms with Crippen molar-refractivity contribution >= 4 is 31.4 Å². The number of aliphatic carboxylic acids is 1. The molecule has 0 aromatic rings. The Morgan fingerprint density at radius 1 is 1.62 bits per heavy atom. The molecule has 1 N–H and O–H groups in total. The van der Waals surface area contributed by atoms with Gasteiger partial charge in [-0.2, -0.15) is 0 Å². The second-order valence-electron chi connectivity index (χ2n) is 3.61. The lowest BCUT2D eigenvalue weighted by molar-refractivity contribution is -0.142. The van der Waals surface area contributed by atoms with Gasteiger partial charge in [0.2, 0.25) is 7.85 Å². The molecule has 0 unspecified atom stereocenters. The first kappa shape index (κ1) is 10.4. The lowest BCUT2D eigenvalue weighted by Gasteiger charge is -2.26. The van der Waals surface area contributed by atoms with Gasteiger partial charge in [-0.15, -0.1) is 11.8 Å². The molecule has 13 heavy (non-hydrogen) atoms. The van der Waals surface area contributed by atoms with Gasteiger partial charge in [0.25, 0.3) is 0 Å². The van der Waals surface area contributed by atoms with Crippen molar-refractivity contribution in [3.8, 4) is 0 Å². The first-order valence-electron chi connectivity index (χ1n) is 4.00. The van der Waals surface area contributed by atoms with Crippen LogP contribution in [0.2, 0.25) is 0 Å². The van der Waals surface area contributed by atoms with Crippen molar-refractivity contribution < 1.29 is 14.7 Å². The van der Waals surface area contributed by atoms with Crippen molar-refractivity contribution in [2.45, 2.75) is 24.6 Å². The largest absolute Gasteiger partial charge is 0.480 e. The van der Waals surface area contributed by atoms with Gasteiger partial charge in [0.1, 0.15) is 6.04 Å². The predicted molar refractivity (Wildman–Crippen MR) is 53.7 cm³/mol. The van der Waals surface area contributed by atoms with E-state index in [1.807, 2.05) is 13.8 Å². The molecule has 1 fully saturated rings. The molecule has 1 aliphatic heterocycles. The average Bonchev–Trinajstić information content (AvgIpc) is 2.24. The summed E-state index contributed by atoms with van der Waals surface area (Å²) in [5, 5.41) is 8.96. The van der Waals surface area contributed by atoms with E-state index in [2.05, 4.69) is 0 Å². The second-order valence-corrected chi connectivity index (χ2v) is 5.21. The molecule has 0 aromatic carbocycles. The topological polar surface area (TPSA) is 57.6 Å². The molecule has 0 saturated carbocycles. The fourth-order valence-corrected chi connectivity index (χ4v) is 2.66. The predicted octanol–water partition coefficient (Wildman–Crippen LogP) is -0.0224. The molecule has 0 bridgehead atoms. The van der Waals surface area contributed by atoms with Gasteiger partial charge in [0, 0.05) is 4.75 Å². The monoisotopic (exact) mass is 201 g/mol. The highest BCUT2D eigenvalue weighted by Crippen LogP contribution is 2.39. The van der Waals surface area contributed by atoms with E-state index in [0.717, 1.165) is 0 Å². The van der Waals surface area contributed by atoms with Crippen molar-refractivity contribution in [2.75, 3.05) is 5.88 Å². The Bertz CT molecular complexity index is 256. The van der Waals surface area contributed by atoms with Gasteiger partial charge in [-0.3, -0.25) is 4.79 Å². The van der Waals surface area contributed by atoms with Gasteiger partial charge in [-0.05, 0) is 13.8 Å². The molecule has 0 radical (unpaired) electrons. The van der Waals surface area contributed by atoms with Crippen molar-refractivity contribution in [2.24, 2.45) is 0 Å². The van der Waals surface area contributed by atoms with E-state index < -0.39 is 16.8 Å². The highest BCUT2D eigenvalue weighted by molar-refractivity contribution is 8.00. The van der Waals surface area contributed by atoms with Gasteiger partial charge >= 0.3 is 5.97 Å². The summed E-state index contributed by atoms with van der Waals surface area (Å²) in [5.41, 5.74) is 0. The van der Waals surface area contributed by atoms with Crippen LogP contribution in [-0.2, 0) is 4.79 Å². The van der Waals surface area contributed by atoms with E-state index in [9.17, 15) is 9.59 Å². The number of carboxylic acid groups (broad SMARTS) is 1. The number of carbonyl (C=O) groups is 2. The number of hydrogen-bond donors (Lipinski definition) is 1. The molecule has 0 aliphatic carbocycles. The Hall–Kier alpha value is -0.645. The SMILES string of the molecule is BC(=O)N1CSC(C)(C)[C@@H]1C(=O)O. The Morgan fingerprint density at radius 2 is 2.15 bits per heavy atom. The lowest BCUT2D eigenvalue weighted by atomic mass is 9.99. The zero-order chi connectivity index (χ0) is 10.2. The quantitative estimate of drug-likeness (QED) is 0.605. The fourth-order valence-electron chi connectivity index (χ4n) is 1.47. The van der Waals surface area contributed by atoms with E-state index in [4.69, 9.17) is 5.11 Å². The van der Waals surface area contributed by atoms with Crippen molar-refractivity contribution in [3.05, 3.63) is 0 Å². The van der Waals surface area contributed by atoms with Gasteiger partial charge < -0.3 is 10.0 Å². The molecule has 1 aliphatic rings. The third-order valence-corrected chi connectivity index (χ3v) is 3.56. The molecule has 1 heterocycles. The molecule has 1 saturated heterocycles. The minimum atomic E-state index is -0.926. The van der Waals surface area contributed by atoms with Crippen LogP contribution < -0.4 is 0 Å². The maximum Gasteiger partial charge on any atom is 0.327 e. The highest BCUT2D eigenvalue weighted by atomic mass is 32.2. The van der Waals surface area contributed by atoms with E-state index in [1.54, 1.807) is 0 Å². The molecule has 72 valence electrons. The van der Waals surface area contributed by atoms with Crippen LogP contribution in [0.1, 0.15) is 13.8 Å². The molecule has 4 nitrogen and oxygen atoms in total. The summed E-state index contributed by atoms with van der Waals surface area (Å²) in [5.74, 6) is -0.630. The minimum absolute atomic E-state index is 0.175. The molecule has 0 aromatic heterocycles. The van der Waals surface area contributed by atoms with Crippen LogP contribution in [0.3, 0.4) is 0 Å². The van der Waals surface area contributed by atoms with Gasteiger partial charge in [0.15, 0.2) is 5.81 Å². The normalized spacial score (nSPS) is 26.0. The maximum absolute atomic E-state index is 11.1. The molecule has 1 amide bonds. The van der Waals surface area contributed by atoms with Crippen molar-refractivity contribution in [3.63, 3.8) is 0 Å². The fraction of sp³-hybridized carbons (Fsp3) is 0.714. The van der Waals surface area contributed by atoms with Crippen LogP contribution >= 0.6 is 11.8 Å². The number of amides is 1. The maximum atomic E-state index is 11.1. The zero-order valence-electron chi connectivity index (χ0n) is 7.90. The summed E-state index contributed by atoms with van der Waals surface area (Å²) < 4.78 is -0.391. The minimum Gasteiger partial charge on any atom is -0.480 e. The van der Waals surface area contributed by atoms with Crippen molar-refractivity contribution in [1.29, 1.82) is 0 Å². The smallest absolute Gasteiger partial charge is 0.327 e. The molecular weight excluding hydrogens is 189 g/mol. The Kier molecular flexibility index (Phi) is 2.61. The number of nitrogens with zero attached hydrogens (tertiary/aromatic N) is 1. The van der Waals surface area contributed by atoms with Crippen LogP contribution in [-0.4, -0.2) is 46.3 Å². The number of carbonyl (C=O) groups excluding carboxylic acids is 1. The van der Waals surface area contributed by atoms with Gasteiger partial charge in [0.05, 0.1) is 5.88 Å². The number of rotatable bonds is 1. The molecular formula is C7H12BNO3S. The molecule has 1 atom stereocenters. The van der Waals surface area contributed by atoms with Crippen LogP contribution in [0.25, 0.3) is 0 Å². The van der Waals surface area contributed by atoms with Crippen LogP contribution in [0.5, 0.6) is 0 Å². The van der Waals surface area contributed by atoms with E-state index in [-0.39, 0.29) is 5.81 Å². The summed E-state index contributed by atoms with van der Waals surface area (Å²) in [6.07, 6.45) is 0. The van der Waals surface area contributed by atoms with E-state index in [1.165, 1.54) is 24.5 Å². The average molecular weight is 201 g/mol. The summed E-state index contributed by atoms with van der Waals surface area (Å²) in [4.78, 5) is 23.4. The lowest BCUT2D eigenvalue weighted by Crippen LogP contribution is -2.48. The molecule has 0 spiro atoms. The number of carboxylic acids is 1. The third kappa shape index (κ3) is 1.82. The van der Waals surface area contributed by atoms with Crippen LogP contribution in [0, 0.1) is 0 Å². The Labute approximate surface area is 82.1 Å². The second kappa shape index (κ2) is 3.25. The summed E-state index contributed by atoms with van der Waals surface area (Å²) >= 11 is 1.50. The summed E-state index contributed by atoms with van der Waals surface area (Å²) in [6, 6.07) is -0.699. The van der Waals surface area contributed by atoms with Gasteiger partial charge in [-0.25, -0.2) is 4.79 Å². The zero-order valence-corrected chi connectivity index (χ0v) is 8.72. The first-order chi connectivity index (χ1) is 5.86. The Balaban J connectivity index is 2.92. The van der Waals surface area contributed by atoms with Crippen molar-refractivity contribution in [1.82, 2.24) is 4.90 Å². The van der Waals surface area contributed by atoms with Gasteiger partial charge in [-0.1, -0.05) is 0 Å². The summed E-state index contributed by atoms with van der Waals surface area (Å²) in [6.45, 7) is 3.69. The standard InChI is InChI=1S/C7H12BNO3S/c1-7(2)4(5(10)11)9(3-13-7)6(8)12/h4H,3,8H2,1-2H3,(H,10,11)/t4-/m0/s1. The number of hydrogen-bond acceptors (Lipinski definition) is 3. The molecule has 1 rings (SSSR count). The summed E-state index contributed by atoms with van der Waals surface area (Å²) in [7, 11) is 1.40. The van der Waals surface area contributed by atoms with E-state index >= 15 is 0 Å². The van der Waals surface area contributed by atoms with Crippen LogP contribution in [0.15, 0.2) is 0 Å².